The van der Waals surface area contributed by atoms with Gasteiger partial charge in [-0.25, -0.2) is 4.98 Å². The van der Waals surface area contributed by atoms with E-state index in [9.17, 15) is 0 Å². The fourth-order valence-corrected chi connectivity index (χ4v) is 1.52. The lowest BCUT2D eigenvalue weighted by atomic mass is 10.2. The van der Waals surface area contributed by atoms with Gasteiger partial charge in [0.15, 0.2) is 5.11 Å². The van der Waals surface area contributed by atoms with E-state index in [1.165, 1.54) is 0 Å². The summed E-state index contributed by atoms with van der Waals surface area (Å²) in [5.74, 6) is 0.929. The molecule has 0 fully saturated rings. The molecule has 0 saturated carbocycles. The summed E-state index contributed by atoms with van der Waals surface area (Å²) >= 11 is 5.17. The van der Waals surface area contributed by atoms with Crippen LogP contribution >= 0.6 is 12.2 Å². The average Bonchev–Trinajstić information content (AvgIpc) is 2.76. The molecular formula is C10H18N4S. The van der Waals surface area contributed by atoms with Crippen LogP contribution in [0.5, 0.6) is 0 Å². The van der Waals surface area contributed by atoms with Crippen molar-refractivity contribution in [3.05, 3.63) is 18.2 Å². The number of hydrogen-bond acceptors (Lipinski definition) is 2. The maximum absolute atomic E-state index is 5.17. The lowest BCUT2D eigenvalue weighted by Gasteiger charge is -2.17. The number of nitrogens with one attached hydrogen (secondary N) is 3. The van der Waals surface area contributed by atoms with Crippen LogP contribution in [0.1, 0.15) is 38.6 Å². The highest BCUT2D eigenvalue weighted by Crippen LogP contribution is 2.10. The number of thiocarbonyl (C=S) groups is 1. The Kier molecular flexibility index (Phi) is 5.10. The van der Waals surface area contributed by atoms with E-state index in [0.29, 0.717) is 5.11 Å². The molecule has 15 heavy (non-hydrogen) atoms. The van der Waals surface area contributed by atoms with Crippen molar-refractivity contribution in [1.82, 2.24) is 20.6 Å². The average molecular weight is 226 g/mol. The highest BCUT2D eigenvalue weighted by molar-refractivity contribution is 7.80. The molecule has 0 aliphatic carbocycles. The normalized spacial score (nSPS) is 12.1. The maximum Gasteiger partial charge on any atom is 0.166 e. The van der Waals surface area contributed by atoms with Crippen LogP contribution in [0.2, 0.25) is 0 Å². The first kappa shape index (κ1) is 12.0. The smallest absolute Gasteiger partial charge is 0.166 e. The Labute approximate surface area is 95.9 Å². The van der Waals surface area contributed by atoms with Crippen molar-refractivity contribution in [2.75, 3.05) is 6.54 Å². The van der Waals surface area contributed by atoms with Crippen LogP contribution in [-0.2, 0) is 0 Å². The molecule has 1 rings (SSSR count). The Bertz CT molecular complexity index is 284. The van der Waals surface area contributed by atoms with Crippen molar-refractivity contribution in [3.63, 3.8) is 0 Å². The van der Waals surface area contributed by atoms with Crippen LogP contribution in [0.25, 0.3) is 0 Å². The lowest BCUT2D eigenvalue weighted by Crippen LogP contribution is -2.38. The largest absolute Gasteiger partial charge is 0.363 e. The van der Waals surface area contributed by atoms with Crippen molar-refractivity contribution in [1.29, 1.82) is 0 Å². The molecule has 0 saturated heterocycles. The molecule has 4 nitrogen and oxygen atoms in total. The van der Waals surface area contributed by atoms with Crippen LogP contribution in [-0.4, -0.2) is 21.6 Å². The molecule has 1 aromatic rings. The number of hydrogen-bond donors (Lipinski definition) is 3. The number of H-pyrrole nitrogens is 1. The van der Waals surface area contributed by atoms with Gasteiger partial charge in [-0.3, -0.25) is 0 Å². The first-order chi connectivity index (χ1) is 7.27. The zero-order chi connectivity index (χ0) is 11.1. The van der Waals surface area contributed by atoms with Crippen LogP contribution < -0.4 is 10.6 Å². The summed E-state index contributed by atoms with van der Waals surface area (Å²) in [6.45, 7) is 5.11. The van der Waals surface area contributed by atoms with E-state index in [4.69, 9.17) is 12.2 Å². The Balaban J connectivity index is 2.44. The van der Waals surface area contributed by atoms with Crippen molar-refractivity contribution in [2.24, 2.45) is 0 Å². The standard InChI is InChI=1S/C10H18N4S/c1-3-5-13-10(15)14-8(4-2)9-11-6-7-12-9/h6-8H,3-5H2,1-2H3,(H,11,12)(H2,13,14,15). The molecule has 0 aliphatic heterocycles. The number of aromatic nitrogens is 2. The van der Waals surface area contributed by atoms with Gasteiger partial charge in [0.25, 0.3) is 0 Å². The third kappa shape index (κ3) is 3.87. The van der Waals surface area contributed by atoms with E-state index >= 15 is 0 Å². The maximum atomic E-state index is 5.17. The predicted molar refractivity (Wildman–Crippen MR) is 65.6 cm³/mol. The van der Waals surface area contributed by atoms with Gasteiger partial charge >= 0.3 is 0 Å². The van der Waals surface area contributed by atoms with E-state index in [1.54, 1.807) is 6.20 Å². The summed E-state index contributed by atoms with van der Waals surface area (Å²) in [6.07, 6.45) is 5.59. The van der Waals surface area contributed by atoms with Gasteiger partial charge in [-0.05, 0) is 25.1 Å². The Hall–Kier alpha value is -1.10. The van der Waals surface area contributed by atoms with Crippen molar-refractivity contribution >= 4 is 17.3 Å². The minimum atomic E-state index is 0.164. The molecule has 5 heteroatoms. The molecule has 3 N–H and O–H groups in total. The number of nitrogens with zero attached hydrogens (tertiary/aromatic N) is 1. The third-order valence-corrected chi connectivity index (χ3v) is 2.36. The van der Waals surface area contributed by atoms with Crippen LogP contribution in [0.15, 0.2) is 12.4 Å². The summed E-state index contributed by atoms with van der Waals surface area (Å²) in [5.41, 5.74) is 0. The number of imidazole rings is 1. The summed E-state index contributed by atoms with van der Waals surface area (Å²) in [6, 6.07) is 0.164. The summed E-state index contributed by atoms with van der Waals surface area (Å²) < 4.78 is 0. The first-order valence-corrected chi connectivity index (χ1v) is 5.72. The van der Waals surface area contributed by atoms with E-state index in [-0.39, 0.29) is 6.04 Å². The Morgan fingerprint density at radius 3 is 2.93 bits per heavy atom. The van der Waals surface area contributed by atoms with E-state index in [0.717, 1.165) is 25.2 Å². The second kappa shape index (κ2) is 6.40. The lowest BCUT2D eigenvalue weighted by molar-refractivity contribution is 0.585. The topological polar surface area (TPSA) is 52.7 Å². The second-order valence-corrected chi connectivity index (χ2v) is 3.74. The molecule has 84 valence electrons. The Morgan fingerprint density at radius 1 is 1.60 bits per heavy atom. The van der Waals surface area contributed by atoms with Gasteiger partial charge < -0.3 is 15.6 Å². The molecule has 0 aromatic carbocycles. The molecule has 0 amide bonds. The van der Waals surface area contributed by atoms with Crippen molar-refractivity contribution < 1.29 is 0 Å². The predicted octanol–water partition coefficient (Wildman–Crippen LogP) is 1.73. The van der Waals surface area contributed by atoms with Gasteiger partial charge in [-0.1, -0.05) is 13.8 Å². The van der Waals surface area contributed by atoms with Crippen LogP contribution in [0.3, 0.4) is 0 Å². The highest BCUT2D eigenvalue weighted by atomic mass is 32.1. The first-order valence-electron chi connectivity index (χ1n) is 5.31. The fraction of sp³-hybridized carbons (Fsp3) is 0.600. The molecule has 0 radical (unpaired) electrons. The zero-order valence-corrected chi connectivity index (χ0v) is 10.0. The summed E-state index contributed by atoms with van der Waals surface area (Å²) in [4.78, 5) is 7.30. The second-order valence-electron chi connectivity index (χ2n) is 3.34. The van der Waals surface area contributed by atoms with Gasteiger partial charge in [0.2, 0.25) is 0 Å². The molecule has 1 unspecified atom stereocenters. The SMILES string of the molecule is CCCNC(=S)NC(CC)c1ncc[nH]1. The van der Waals surface area contributed by atoms with E-state index in [1.807, 2.05) is 6.20 Å². The molecule has 0 aliphatic rings. The minimum Gasteiger partial charge on any atom is -0.363 e. The van der Waals surface area contributed by atoms with Crippen molar-refractivity contribution in [3.8, 4) is 0 Å². The highest BCUT2D eigenvalue weighted by Gasteiger charge is 2.11. The Morgan fingerprint density at radius 2 is 2.40 bits per heavy atom. The van der Waals surface area contributed by atoms with Gasteiger partial charge in [-0.2, -0.15) is 0 Å². The van der Waals surface area contributed by atoms with E-state index < -0.39 is 0 Å². The molecule has 0 bridgehead atoms. The van der Waals surface area contributed by atoms with Crippen LogP contribution in [0.4, 0.5) is 0 Å². The minimum absolute atomic E-state index is 0.164. The van der Waals surface area contributed by atoms with Crippen LogP contribution in [0, 0.1) is 0 Å². The zero-order valence-electron chi connectivity index (χ0n) is 9.21. The fourth-order valence-electron chi connectivity index (χ4n) is 1.28. The monoisotopic (exact) mass is 226 g/mol. The summed E-state index contributed by atoms with van der Waals surface area (Å²) in [7, 11) is 0. The third-order valence-electron chi connectivity index (χ3n) is 2.10. The molecule has 1 atom stereocenters. The van der Waals surface area contributed by atoms with Gasteiger partial charge in [0.1, 0.15) is 5.82 Å². The van der Waals surface area contributed by atoms with Gasteiger partial charge in [0, 0.05) is 18.9 Å². The molecular weight excluding hydrogens is 208 g/mol. The van der Waals surface area contributed by atoms with Gasteiger partial charge in [0.05, 0.1) is 6.04 Å². The quantitative estimate of drug-likeness (QED) is 0.669. The molecule has 0 spiro atoms. The molecule has 1 aromatic heterocycles. The summed E-state index contributed by atoms with van der Waals surface area (Å²) in [5, 5.41) is 7.06. The molecule has 1 heterocycles. The number of aromatic amines is 1. The van der Waals surface area contributed by atoms with E-state index in [2.05, 4.69) is 34.4 Å². The number of rotatable bonds is 5. The van der Waals surface area contributed by atoms with Crippen molar-refractivity contribution in [2.45, 2.75) is 32.7 Å². The van der Waals surface area contributed by atoms with Gasteiger partial charge in [-0.15, -0.1) is 0 Å².